The van der Waals surface area contributed by atoms with Crippen molar-refractivity contribution in [3.8, 4) is 0 Å². The van der Waals surface area contributed by atoms with E-state index in [-0.39, 0.29) is 5.82 Å². The maximum Gasteiger partial charge on any atom is 0.229 e. The molecular weight excluding hydrogens is 499 g/mol. The third-order valence-electron chi connectivity index (χ3n) is 7.14. The number of nitrogens with one attached hydrogen (secondary N) is 2. The Morgan fingerprint density at radius 3 is 2.26 bits per heavy atom. The SMILES string of the molecule is Fc1ccc(CN2CCN(Cc3cc4cc(c3)Nc3nc(ncc3Cl)Nc3cccc(c3)CC4)CC2)cc1. The number of piperazine rings is 1. The van der Waals surface area contributed by atoms with E-state index >= 15 is 0 Å². The molecule has 0 radical (unpaired) electrons. The zero-order valence-electron chi connectivity index (χ0n) is 21.1. The molecule has 4 aromatic rings. The molecule has 0 unspecified atom stereocenters. The number of fused-ring (bicyclic) bond motifs is 6. The molecule has 6 rings (SSSR count). The molecule has 8 heteroatoms. The molecular formula is C30H30ClFN6. The first-order chi connectivity index (χ1) is 18.6. The minimum absolute atomic E-state index is 0.185. The molecule has 6 bridgehead atoms. The van der Waals surface area contributed by atoms with Crippen LogP contribution in [0, 0.1) is 5.82 Å². The normalized spacial score (nSPS) is 15.9. The molecule has 3 aromatic carbocycles. The Morgan fingerprint density at radius 1 is 0.763 bits per heavy atom. The quantitative estimate of drug-likeness (QED) is 0.330. The van der Waals surface area contributed by atoms with E-state index in [9.17, 15) is 4.39 Å². The molecule has 1 fully saturated rings. The Morgan fingerprint density at radius 2 is 1.47 bits per heavy atom. The monoisotopic (exact) mass is 528 g/mol. The summed E-state index contributed by atoms with van der Waals surface area (Å²) in [6, 6.07) is 21.9. The second kappa shape index (κ2) is 11.1. The smallest absolute Gasteiger partial charge is 0.229 e. The molecule has 38 heavy (non-hydrogen) atoms. The van der Waals surface area contributed by atoms with Gasteiger partial charge in [-0.25, -0.2) is 9.37 Å². The van der Waals surface area contributed by atoms with Crippen molar-refractivity contribution < 1.29 is 4.39 Å². The maximum absolute atomic E-state index is 13.2. The molecule has 0 atom stereocenters. The van der Waals surface area contributed by atoms with Crippen LogP contribution >= 0.6 is 11.6 Å². The topological polar surface area (TPSA) is 56.3 Å². The lowest BCUT2D eigenvalue weighted by atomic mass is 10.0. The summed E-state index contributed by atoms with van der Waals surface area (Å²) < 4.78 is 13.2. The van der Waals surface area contributed by atoms with Crippen molar-refractivity contribution in [3.05, 3.63) is 106 Å². The fraction of sp³-hybridized carbons (Fsp3) is 0.267. The predicted octanol–water partition coefficient (Wildman–Crippen LogP) is 6.17. The summed E-state index contributed by atoms with van der Waals surface area (Å²) in [5.74, 6) is 0.898. The molecule has 0 saturated carbocycles. The van der Waals surface area contributed by atoms with Gasteiger partial charge in [-0.15, -0.1) is 0 Å². The molecule has 2 N–H and O–H groups in total. The van der Waals surface area contributed by atoms with Crippen molar-refractivity contribution >= 4 is 34.7 Å². The van der Waals surface area contributed by atoms with E-state index in [2.05, 4.69) is 66.8 Å². The molecule has 6 nitrogen and oxygen atoms in total. The fourth-order valence-corrected chi connectivity index (χ4v) is 5.29. The number of nitrogens with zero attached hydrogens (tertiary/aromatic N) is 4. The highest BCUT2D eigenvalue weighted by atomic mass is 35.5. The Kier molecular flexibility index (Phi) is 7.22. The summed E-state index contributed by atoms with van der Waals surface area (Å²) in [5.41, 5.74) is 6.90. The second-order valence-electron chi connectivity index (χ2n) is 10.1. The highest BCUT2D eigenvalue weighted by Crippen LogP contribution is 2.28. The van der Waals surface area contributed by atoms with Crippen molar-refractivity contribution in [1.82, 2.24) is 19.8 Å². The van der Waals surface area contributed by atoms with E-state index < -0.39 is 0 Å². The average molecular weight is 529 g/mol. The lowest BCUT2D eigenvalue weighted by Crippen LogP contribution is -2.45. The van der Waals surface area contributed by atoms with Crippen molar-refractivity contribution in [2.24, 2.45) is 0 Å². The number of hydrogen-bond donors (Lipinski definition) is 2. The molecule has 0 spiro atoms. The van der Waals surface area contributed by atoms with Crippen LogP contribution in [0.1, 0.15) is 22.3 Å². The van der Waals surface area contributed by atoms with Crippen molar-refractivity contribution in [1.29, 1.82) is 0 Å². The third-order valence-corrected chi connectivity index (χ3v) is 7.41. The van der Waals surface area contributed by atoms with Crippen LogP contribution in [0.15, 0.2) is 72.9 Å². The molecule has 0 amide bonds. The van der Waals surface area contributed by atoms with Gasteiger partial charge in [-0.05, 0) is 71.5 Å². The van der Waals surface area contributed by atoms with Crippen LogP contribution in [0.3, 0.4) is 0 Å². The summed E-state index contributed by atoms with van der Waals surface area (Å²) in [6.07, 6.45) is 3.51. The van der Waals surface area contributed by atoms with Crippen LogP contribution in [-0.2, 0) is 25.9 Å². The van der Waals surface area contributed by atoms with Gasteiger partial charge in [-0.3, -0.25) is 9.80 Å². The minimum atomic E-state index is -0.185. The number of benzene rings is 3. The summed E-state index contributed by atoms with van der Waals surface area (Å²) in [7, 11) is 0. The zero-order valence-corrected chi connectivity index (χ0v) is 21.9. The standard InChI is InChI=1S/C30H30ClFN6/c31-28-18-33-30-35-26-3-1-2-21(15-26)4-5-23-14-24(17-27(16-23)34-29(28)36-30)20-38-12-10-37(11-13-38)19-22-6-8-25(32)9-7-22/h1-3,6-9,14-18H,4-5,10-13,19-20H2,(H2,33,34,35,36). The Balaban J connectivity index is 1.19. The number of aryl methyl sites for hydroxylation is 2. The molecule has 3 heterocycles. The van der Waals surface area contributed by atoms with Gasteiger partial charge in [-0.2, -0.15) is 4.98 Å². The number of anilines is 4. The zero-order chi connectivity index (χ0) is 25.9. The van der Waals surface area contributed by atoms with Gasteiger partial charge in [0.25, 0.3) is 0 Å². The lowest BCUT2D eigenvalue weighted by Gasteiger charge is -2.35. The van der Waals surface area contributed by atoms with Crippen LogP contribution in [-0.4, -0.2) is 45.9 Å². The number of halogens is 2. The van der Waals surface area contributed by atoms with Crippen molar-refractivity contribution in [3.63, 3.8) is 0 Å². The first-order valence-corrected chi connectivity index (χ1v) is 13.4. The first kappa shape index (κ1) is 24.8. The van der Waals surface area contributed by atoms with Gasteiger partial charge < -0.3 is 10.6 Å². The Labute approximate surface area is 227 Å². The van der Waals surface area contributed by atoms with Gasteiger partial charge in [0.2, 0.25) is 5.95 Å². The van der Waals surface area contributed by atoms with E-state index in [1.54, 1.807) is 6.20 Å². The maximum atomic E-state index is 13.2. The highest BCUT2D eigenvalue weighted by Gasteiger charge is 2.18. The van der Waals surface area contributed by atoms with Crippen LogP contribution < -0.4 is 10.6 Å². The van der Waals surface area contributed by atoms with E-state index in [0.29, 0.717) is 16.8 Å². The van der Waals surface area contributed by atoms with Crippen LogP contribution in [0.2, 0.25) is 5.02 Å². The molecule has 1 aromatic heterocycles. The average Bonchev–Trinajstić information content (AvgIpc) is 2.92. The summed E-state index contributed by atoms with van der Waals surface area (Å²) in [5, 5.41) is 7.21. The predicted molar refractivity (Wildman–Crippen MR) is 151 cm³/mol. The van der Waals surface area contributed by atoms with E-state index in [4.69, 9.17) is 11.6 Å². The van der Waals surface area contributed by atoms with Crippen LogP contribution in [0.4, 0.5) is 27.5 Å². The summed E-state index contributed by atoms with van der Waals surface area (Å²) in [4.78, 5) is 13.9. The lowest BCUT2D eigenvalue weighted by molar-refractivity contribution is 0.122. The van der Waals surface area contributed by atoms with Crippen molar-refractivity contribution in [2.75, 3.05) is 36.8 Å². The van der Waals surface area contributed by atoms with Gasteiger partial charge in [-0.1, -0.05) is 41.9 Å². The van der Waals surface area contributed by atoms with Gasteiger partial charge in [0, 0.05) is 50.6 Å². The highest BCUT2D eigenvalue weighted by molar-refractivity contribution is 6.32. The van der Waals surface area contributed by atoms with E-state index in [1.165, 1.54) is 28.8 Å². The van der Waals surface area contributed by atoms with E-state index in [1.807, 2.05) is 18.2 Å². The second-order valence-corrected chi connectivity index (χ2v) is 10.5. The summed E-state index contributed by atoms with van der Waals surface area (Å²) in [6.45, 7) is 5.71. The fourth-order valence-electron chi connectivity index (χ4n) is 5.16. The Hall–Kier alpha value is -3.52. The number of hydrogen-bond acceptors (Lipinski definition) is 6. The first-order valence-electron chi connectivity index (χ1n) is 13.0. The van der Waals surface area contributed by atoms with Crippen LogP contribution in [0.5, 0.6) is 0 Å². The molecule has 2 aliphatic rings. The van der Waals surface area contributed by atoms with Gasteiger partial charge in [0.15, 0.2) is 5.82 Å². The van der Waals surface area contributed by atoms with Crippen LogP contribution in [0.25, 0.3) is 0 Å². The molecule has 2 aliphatic heterocycles. The van der Waals surface area contributed by atoms with Gasteiger partial charge in [0.1, 0.15) is 10.8 Å². The molecule has 0 aliphatic carbocycles. The molecule has 1 saturated heterocycles. The minimum Gasteiger partial charge on any atom is -0.339 e. The number of rotatable bonds is 4. The Bertz CT molecular complexity index is 1420. The van der Waals surface area contributed by atoms with Gasteiger partial charge >= 0.3 is 0 Å². The van der Waals surface area contributed by atoms with Gasteiger partial charge in [0.05, 0.1) is 6.20 Å². The van der Waals surface area contributed by atoms with E-state index in [0.717, 1.165) is 69.0 Å². The number of aromatic nitrogens is 2. The van der Waals surface area contributed by atoms with Crippen molar-refractivity contribution in [2.45, 2.75) is 25.9 Å². The largest absolute Gasteiger partial charge is 0.339 e. The summed E-state index contributed by atoms with van der Waals surface area (Å²) >= 11 is 6.46. The molecule has 194 valence electrons. The third kappa shape index (κ3) is 6.13.